The third-order valence-corrected chi connectivity index (χ3v) is 4.62. The predicted molar refractivity (Wildman–Crippen MR) is 46.3 cm³/mol. The van der Waals surface area contributed by atoms with Crippen molar-refractivity contribution in [1.29, 1.82) is 0 Å². The summed E-state index contributed by atoms with van der Waals surface area (Å²) >= 11 is 0. The number of rotatable bonds is 0. The fourth-order valence-electron chi connectivity index (χ4n) is 4.01. The molecule has 0 aromatic rings. The lowest BCUT2D eigenvalue weighted by molar-refractivity contribution is 0.113. The van der Waals surface area contributed by atoms with Crippen LogP contribution in [0.25, 0.3) is 0 Å². The first kappa shape index (κ1) is 6.51. The molecule has 62 valence electrons. The summed E-state index contributed by atoms with van der Waals surface area (Å²) in [5.41, 5.74) is 0. The van der Waals surface area contributed by atoms with E-state index in [0.29, 0.717) is 0 Å². The first-order valence-electron chi connectivity index (χ1n) is 5.43. The van der Waals surface area contributed by atoms with Crippen molar-refractivity contribution in [1.82, 2.24) is 0 Å². The number of hydrogen-bond donors (Lipinski definition) is 0. The minimum Gasteiger partial charge on any atom is -0.0502 e. The summed E-state index contributed by atoms with van der Waals surface area (Å²) in [4.78, 5) is 0. The van der Waals surface area contributed by atoms with E-state index >= 15 is 0 Å². The van der Waals surface area contributed by atoms with Gasteiger partial charge < -0.3 is 0 Å². The molecule has 0 aromatic carbocycles. The molecule has 3 aliphatic rings. The Balaban J connectivity index is 1.87. The van der Waals surface area contributed by atoms with Gasteiger partial charge in [-0.1, -0.05) is 12.8 Å². The third-order valence-electron chi connectivity index (χ3n) is 4.62. The Morgan fingerprint density at radius 1 is 0.636 bits per heavy atom. The van der Waals surface area contributed by atoms with Crippen LogP contribution in [0.2, 0.25) is 0 Å². The van der Waals surface area contributed by atoms with Gasteiger partial charge in [-0.2, -0.15) is 0 Å². The minimum absolute atomic E-state index is 1.16. The zero-order chi connectivity index (χ0) is 7.26. The lowest BCUT2D eigenvalue weighted by Gasteiger charge is -2.39. The van der Waals surface area contributed by atoms with Crippen molar-refractivity contribution in [3.05, 3.63) is 0 Å². The Hall–Kier alpha value is 0. The molecular weight excluding hydrogens is 132 g/mol. The molecule has 3 fully saturated rings. The summed E-state index contributed by atoms with van der Waals surface area (Å²) in [6.45, 7) is 0. The van der Waals surface area contributed by atoms with Crippen LogP contribution in [0, 0.1) is 23.7 Å². The fourth-order valence-corrected chi connectivity index (χ4v) is 4.01. The second-order valence-corrected chi connectivity index (χ2v) is 5.02. The van der Waals surface area contributed by atoms with Gasteiger partial charge >= 0.3 is 0 Å². The summed E-state index contributed by atoms with van der Waals surface area (Å²) in [6, 6.07) is 0. The van der Waals surface area contributed by atoms with Crippen molar-refractivity contribution in [2.75, 3.05) is 0 Å². The highest BCUT2D eigenvalue weighted by Crippen LogP contribution is 2.53. The van der Waals surface area contributed by atoms with Crippen LogP contribution in [0.15, 0.2) is 0 Å². The highest BCUT2D eigenvalue weighted by atomic mass is 14.5. The zero-order valence-corrected chi connectivity index (χ0v) is 7.26. The number of fused-ring (bicyclic) bond motifs is 1. The van der Waals surface area contributed by atoms with Gasteiger partial charge in [-0.15, -0.1) is 0 Å². The van der Waals surface area contributed by atoms with Crippen LogP contribution in [0.1, 0.15) is 44.9 Å². The average Bonchev–Trinajstić information content (AvgIpc) is 2.48. The van der Waals surface area contributed by atoms with E-state index in [2.05, 4.69) is 0 Å². The van der Waals surface area contributed by atoms with Gasteiger partial charge in [-0.05, 0) is 55.8 Å². The van der Waals surface area contributed by atoms with Gasteiger partial charge in [0, 0.05) is 0 Å². The van der Waals surface area contributed by atoms with Crippen molar-refractivity contribution >= 4 is 0 Å². The fraction of sp³-hybridized carbons (Fsp3) is 1.00. The Morgan fingerprint density at radius 2 is 1.18 bits per heavy atom. The SMILES string of the molecule is C1CC2CCC3CCC1CC23. The van der Waals surface area contributed by atoms with E-state index in [0.717, 1.165) is 5.92 Å². The molecule has 3 aliphatic carbocycles. The van der Waals surface area contributed by atoms with E-state index in [9.17, 15) is 0 Å². The van der Waals surface area contributed by atoms with E-state index in [1.54, 1.807) is 44.9 Å². The second-order valence-electron chi connectivity index (χ2n) is 5.02. The standard InChI is InChI=1S/C11H18/c1-3-9-5-6-10-4-2-8(1)7-11(9)10/h8-11H,1-7H2. The van der Waals surface area contributed by atoms with Gasteiger partial charge in [0.1, 0.15) is 0 Å². The Labute approximate surface area is 69.4 Å². The molecule has 3 rings (SSSR count). The molecule has 0 spiro atoms. The molecule has 0 N–H and O–H groups in total. The van der Waals surface area contributed by atoms with Crippen LogP contribution in [-0.4, -0.2) is 0 Å². The van der Waals surface area contributed by atoms with Crippen LogP contribution < -0.4 is 0 Å². The largest absolute Gasteiger partial charge is 0.0502 e. The molecule has 0 aliphatic heterocycles. The topological polar surface area (TPSA) is 0 Å². The molecule has 0 saturated heterocycles. The van der Waals surface area contributed by atoms with Crippen LogP contribution in [0.5, 0.6) is 0 Å². The molecule has 2 atom stereocenters. The molecule has 0 nitrogen and oxygen atoms in total. The maximum atomic E-state index is 1.62. The molecule has 2 bridgehead atoms. The van der Waals surface area contributed by atoms with Gasteiger partial charge in [0.05, 0.1) is 0 Å². The molecule has 0 aromatic heterocycles. The van der Waals surface area contributed by atoms with Gasteiger partial charge in [0.2, 0.25) is 0 Å². The Kier molecular flexibility index (Phi) is 1.33. The Morgan fingerprint density at radius 3 is 1.82 bits per heavy atom. The molecule has 0 heteroatoms. The molecule has 3 saturated carbocycles. The molecule has 2 unspecified atom stereocenters. The van der Waals surface area contributed by atoms with Crippen LogP contribution in [0.4, 0.5) is 0 Å². The quantitative estimate of drug-likeness (QED) is 0.497. The summed E-state index contributed by atoms with van der Waals surface area (Å²) in [6.07, 6.45) is 11.1. The maximum Gasteiger partial charge on any atom is -0.0355 e. The zero-order valence-electron chi connectivity index (χ0n) is 7.26. The third kappa shape index (κ3) is 0.878. The summed E-state index contributed by atoms with van der Waals surface area (Å²) < 4.78 is 0. The van der Waals surface area contributed by atoms with Crippen LogP contribution >= 0.6 is 0 Å². The van der Waals surface area contributed by atoms with Crippen molar-refractivity contribution in [2.45, 2.75) is 44.9 Å². The molecule has 0 amide bonds. The summed E-state index contributed by atoms with van der Waals surface area (Å²) in [7, 11) is 0. The highest BCUT2D eigenvalue weighted by Gasteiger charge is 2.42. The van der Waals surface area contributed by atoms with Gasteiger partial charge in [0.15, 0.2) is 0 Å². The van der Waals surface area contributed by atoms with Gasteiger partial charge in [-0.25, -0.2) is 0 Å². The molecular formula is C11H18. The van der Waals surface area contributed by atoms with Crippen LogP contribution in [-0.2, 0) is 0 Å². The lowest BCUT2D eigenvalue weighted by atomic mass is 9.66. The second kappa shape index (κ2) is 2.24. The van der Waals surface area contributed by atoms with Crippen molar-refractivity contribution in [3.63, 3.8) is 0 Å². The summed E-state index contributed by atoms with van der Waals surface area (Å²) in [5, 5.41) is 0. The van der Waals surface area contributed by atoms with Crippen molar-refractivity contribution in [3.8, 4) is 0 Å². The Bertz CT molecular complexity index is 145. The van der Waals surface area contributed by atoms with Gasteiger partial charge in [-0.3, -0.25) is 0 Å². The van der Waals surface area contributed by atoms with Crippen molar-refractivity contribution in [2.24, 2.45) is 23.7 Å². The number of hydrogen-bond acceptors (Lipinski definition) is 0. The molecule has 0 heterocycles. The highest BCUT2D eigenvalue weighted by molar-refractivity contribution is 4.93. The predicted octanol–water partition coefficient (Wildman–Crippen LogP) is 3.22. The first-order valence-corrected chi connectivity index (χ1v) is 5.43. The van der Waals surface area contributed by atoms with E-state index in [1.165, 1.54) is 17.8 Å². The smallest absolute Gasteiger partial charge is 0.0355 e. The van der Waals surface area contributed by atoms with E-state index in [1.807, 2.05) is 0 Å². The monoisotopic (exact) mass is 150 g/mol. The van der Waals surface area contributed by atoms with E-state index in [-0.39, 0.29) is 0 Å². The average molecular weight is 150 g/mol. The lowest BCUT2D eigenvalue weighted by Crippen LogP contribution is -2.29. The minimum atomic E-state index is 1.16. The first-order chi connectivity index (χ1) is 5.43. The summed E-state index contributed by atoms with van der Waals surface area (Å²) in [5.74, 6) is 4.71. The van der Waals surface area contributed by atoms with Crippen molar-refractivity contribution < 1.29 is 0 Å². The van der Waals surface area contributed by atoms with Crippen LogP contribution in [0.3, 0.4) is 0 Å². The normalized spacial score (nSPS) is 54.5. The molecule has 11 heavy (non-hydrogen) atoms. The van der Waals surface area contributed by atoms with E-state index in [4.69, 9.17) is 0 Å². The van der Waals surface area contributed by atoms with Gasteiger partial charge in [0.25, 0.3) is 0 Å². The maximum absolute atomic E-state index is 1.62. The molecule has 0 radical (unpaired) electrons. The van der Waals surface area contributed by atoms with E-state index < -0.39 is 0 Å².